The summed E-state index contributed by atoms with van der Waals surface area (Å²) in [5.74, 6) is 0.317. The van der Waals surface area contributed by atoms with Gasteiger partial charge in [0.25, 0.3) is 0 Å². The Balaban J connectivity index is 2.41. The average Bonchev–Trinajstić information content (AvgIpc) is 2.90. The summed E-state index contributed by atoms with van der Waals surface area (Å²) in [5, 5.41) is 4.02. The summed E-state index contributed by atoms with van der Waals surface area (Å²) in [6, 6.07) is 5.13. The van der Waals surface area contributed by atoms with Crippen molar-refractivity contribution in [2.24, 2.45) is 7.05 Å². The van der Waals surface area contributed by atoms with E-state index in [2.05, 4.69) is 10.1 Å². The van der Waals surface area contributed by atoms with E-state index in [1.165, 1.54) is 6.07 Å². The molecule has 0 bridgehead atoms. The third-order valence-electron chi connectivity index (χ3n) is 3.53. The van der Waals surface area contributed by atoms with Gasteiger partial charge in [0.2, 0.25) is 0 Å². The van der Waals surface area contributed by atoms with E-state index in [0.29, 0.717) is 11.5 Å². The molecule has 0 aliphatic rings. The second-order valence-electron chi connectivity index (χ2n) is 5.26. The van der Waals surface area contributed by atoms with E-state index in [1.54, 1.807) is 15.3 Å². The predicted molar refractivity (Wildman–Crippen MR) is 81.5 cm³/mol. The number of aryl methyl sites for hydroxylation is 3. The van der Waals surface area contributed by atoms with E-state index in [1.807, 2.05) is 33.9 Å². The van der Waals surface area contributed by atoms with Gasteiger partial charge in [-0.25, -0.2) is 14.1 Å². The second-order valence-corrected chi connectivity index (χ2v) is 5.91. The van der Waals surface area contributed by atoms with Crippen molar-refractivity contribution in [3.05, 3.63) is 41.1 Å². The Morgan fingerprint density at radius 2 is 2.00 bits per heavy atom. The van der Waals surface area contributed by atoms with Crippen LogP contribution in [0, 0.1) is 19.7 Å². The van der Waals surface area contributed by atoms with Crippen LogP contribution in [-0.2, 0) is 7.05 Å². The first kappa shape index (κ1) is 14.1. The normalized spacial score (nSPS) is 13.0. The van der Waals surface area contributed by atoms with Crippen molar-refractivity contribution >= 4 is 22.8 Å². The van der Waals surface area contributed by atoms with Gasteiger partial charge in [-0.05, 0) is 38.5 Å². The number of nitrogens with zero attached hydrogens (tertiary/aromatic N) is 4. The van der Waals surface area contributed by atoms with Gasteiger partial charge < -0.3 is 0 Å². The van der Waals surface area contributed by atoms with Gasteiger partial charge >= 0.3 is 0 Å². The Labute approximate surface area is 127 Å². The number of halogens is 2. The zero-order valence-electron chi connectivity index (χ0n) is 12.4. The molecule has 6 heteroatoms. The highest BCUT2D eigenvalue weighted by atomic mass is 35.5. The largest absolute Gasteiger partial charge is 0.277 e. The summed E-state index contributed by atoms with van der Waals surface area (Å²) in [4.78, 5) is 4.55. The first-order chi connectivity index (χ1) is 9.90. The Morgan fingerprint density at radius 3 is 2.62 bits per heavy atom. The minimum Gasteiger partial charge on any atom is -0.277 e. The lowest BCUT2D eigenvalue weighted by molar-refractivity contribution is 0.613. The molecule has 2 aromatic heterocycles. The number of rotatable bonds is 2. The van der Waals surface area contributed by atoms with Crippen LogP contribution in [0.5, 0.6) is 0 Å². The fourth-order valence-electron chi connectivity index (χ4n) is 2.59. The van der Waals surface area contributed by atoms with Gasteiger partial charge in [0, 0.05) is 7.05 Å². The van der Waals surface area contributed by atoms with Crippen LogP contribution >= 0.6 is 11.6 Å². The molecular formula is C15H16ClFN4. The summed E-state index contributed by atoms with van der Waals surface area (Å²) in [6.45, 7) is 5.57. The van der Waals surface area contributed by atoms with Crippen molar-refractivity contribution in [3.8, 4) is 5.69 Å². The summed E-state index contributed by atoms with van der Waals surface area (Å²) < 4.78 is 17.9. The number of hydrogen-bond acceptors (Lipinski definition) is 2. The quantitative estimate of drug-likeness (QED) is 0.675. The fourth-order valence-corrected chi connectivity index (χ4v) is 2.73. The number of benzene rings is 1. The highest BCUT2D eigenvalue weighted by molar-refractivity contribution is 6.20. The lowest BCUT2D eigenvalue weighted by Crippen LogP contribution is -2.07. The molecule has 4 nitrogen and oxygen atoms in total. The Morgan fingerprint density at radius 1 is 1.29 bits per heavy atom. The maximum atomic E-state index is 14.4. The smallest absolute Gasteiger partial charge is 0.163 e. The van der Waals surface area contributed by atoms with Crippen molar-refractivity contribution in [2.75, 3.05) is 0 Å². The van der Waals surface area contributed by atoms with Crippen LogP contribution < -0.4 is 0 Å². The molecule has 110 valence electrons. The average molecular weight is 307 g/mol. The maximum Gasteiger partial charge on any atom is 0.163 e. The van der Waals surface area contributed by atoms with E-state index in [4.69, 9.17) is 11.6 Å². The SMILES string of the molecule is Cc1ccc(-n2c(C(C)Cl)nc3c(C)nn(C)c32)c(F)c1. The van der Waals surface area contributed by atoms with E-state index >= 15 is 0 Å². The molecule has 0 radical (unpaired) electrons. The molecule has 0 spiro atoms. The van der Waals surface area contributed by atoms with Crippen LogP contribution in [0.3, 0.4) is 0 Å². The lowest BCUT2D eigenvalue weighted by Gasteiger charge is -2.12. The van der Waals surface area contributed by atoms with Crippen LogP contribution in [0.25, 0.3) is 16.9 Å². The molecule has 3 aromatic rings. The van der Waals surface area contributed by atoms with Crippen molar-refractivity contribution in [1.29, 1.82) is 0 Å². The standard InChI is InChI=1S/C15H16ClFN4/c1-8-5-6-12(11(17)7-8)21-14(9(2)16)18-13-10(3)19-20(4)15(13)21/h5-7,9H,1-4H3. The molecular weight excluding hydrogens is 291 g/mol. The molecule has 0 saturated carbocycles. The van der Waals surface area contributed by atoms with Crippen LogP contribution in [0.1, 0.15) is 29.4 Å². The predicted octanol–water partition coefficient (Wildman–Crippen LogP) is 3.81. The molecule has 0 N–H and O–H groups in total. The van der Waals surface area contributed by atoms with Crippen molar-refractivity contribution < 1.29 is 4.39 Å². The molecule has 21 heavy (non-hydrogen) atoms. The van der Waals surface area contributed by atoms with Gasteiger partial charge in [0.15, 0.2) is 5.65 Å². The van der Waals surface area contributed by atoms with E-state index in [-0.39, 0.29) is 11.2 Å². The van der Waals surface area contributed by atoms with Crippen LogP contribution in [0.4, 0.5) is 4.39 Å². The first-order valence-corrected chi connectivity index (χ1v) is 7.16. The Bertz CT molecular complexity index is 832. The minimum absolute atomic E-state index is 0.299. The monoisotopic (exact) mass is 306 g/mol. The molecule has 0 amide bonds. The zero-order valence-corrected chi connectivity index (χ0v) is 13.1. The van der Waals surface area contributed by atoms with Crippen LogP contribution in [0.15, 0.2) is 18.2 Å². The molecule has 1 aromatic carbocycles. The maximum absolute atomic E-state index is 14.4. The van der Waals surface area contributed by atoms with Crippen LogP contribution in [-0.4, -0.2) is 19.3 Å². The van der Waals surface area contributed by atoms with Crippen LogP contribution in [0.2, 0.25) is 0 Å². The summed E-state index contributed by atoms with van der Waals surface area (Å²) >= 11 is 6.24. The van der Waals surface area contributed by atoms with Gasteiger partial charge in [-0.2, -0.15) is 5.10 Å². The first-order valence-electron chi connectivity index (χ1n) is 6.72. The van der Waals surface area contributed by atoms with Gasteiger partial charge in [0.1, 0.15) is 17.2 Å². The summed E-state index contributed by atoms with van der Waals surface area (Å²) in [6.07, 6.45) is 0. The van der Waals surface area contributed by atoms with Gasteiger partial charge in [0.05, 0.1) is 16.8 Å². The Hall–Kier alpha value is -1.88. The summed E-state index contributed by atoms with van der Waals surface area (Å²) in [7, 11) is 1.82. The second kappa shape index (κ2) is 4.84. The number of aromatic nitrogens is 4. The fraction of sp³-hybridized carbons (Fsp3) is 0.333. The van der Waals surface area contributed by atoms with Gasteiger partial charge in [-0.1, -0.05) is 6.07 Å². The van der Waals surface area contributed by atoms with E-state index in [9.17, 15) is 4.39 Å². The third kappa shape index (κ3) is 2.12. The molecule has 2 heterocycles. The molecule has 0 aliphatic heterocycles. The third-order valence-corrected chi connectivity index (χ3v) is 3.72. The Kier molecular flexibility index (Phi) is 3.24. The number of alkyl halides is 1. The topological polar surface area (TPSA) is 35.6 Å². The van der Waals surface area contributed by atoms with E-state index < -0.39 is 0 Å². The lowest BCUT2D eigenvalue weighted by atomic mass is 10.2. The highest BCUT2D eigenvalue weighted by Crippen LogP contribution is 2.30. The molecule has 3 rings (SSSR count). The van der Waals surface area contributed by atoms with Crippen molar-refractivity contribution in [2.45, 2.75) is 26.1 Å². The molecule has 0 saturated heterocycles. The summed E-state index contributed by atoms with van der Waals surface area (Å²) in [5.41, 5.74) is 3.61. The number of fused-ring (bicyclic) bond motifs is 1. The number of imidazole rings is 1. The molecule has 0 aliphatic carbocycles. The molecule has 1 atom stereocenters. The number of hydrogen-bond donors (Lipinski definition) is 0. The van der Waals surface area contributed by atoms with Crippen molar-refractivity contribution in [1.82, 2.24) is 19.3 Å². The highest BCUT2D eigenvalue weighted by Gasteiger charge is 2.22. The minimum atomic E-state index is -0.336. The van der Waals surface area contributed by atoms with Gasteiger partial charge in [-0.3, -0.25) is 4.57 Å². The van der Waals surface area contributed by atoms with Gasteiger partial charge in [-0.15, -0.1) is 11.6 Å². The van der Waals surface area contributed by atoms with Crippen molar-refractivity contribution in [3.63, 3.8) is 0 Å². The molecule has 0 fully saturated rings. The zero-order chi connectivity index (χ0) is 15.3. The van der Waals surface area contributed by atoms with E-state index in [0.717, 1.165) is 22.4 Å². The molecule has 1 unspecified atom stereocenters.